The van der Waals surface area contributed by atoms with E-state index >= 15 is 0 Å². The van der Waals surface area contributed by atoms with Crippen molar-refractivity contribution < 1.29 is 18.9 Å². The fraction of sp³-hybridized carbons (Fsp3) is 0.192. The third kappa shape index (κ3) is 4.70. The van der Waals surface area contributed by atoms with Crippen molar-refractivity contribution in [2.45, 2.75) is 13.0 Å². The second kappa shape index (κ2) is 9.47. The molecule has 6 nitrogen and oxygen atoms in total. The molecule has 0 radical (unpaired) electrons. The van der Waals surface area contributed by atoms with Crippen molar-refractivity contribution >= 4 is 10.9 Å². The van der Waals surface area contributed by atoms with Crippen LogP contribution in [0.25, 0.3) is 10.9 Å². The van der Waals surface area contributed by atoms with Gasteiger partial charge in [0.15, 0.2) is 11.5 Å². The third-order valence-corrected chi connectivity index (χ3v) is 5.31. The number of hydrogen-bond acceptors (Lipinski definition) is 5. The Hall–Kier alpha value is -3.93. The highest BCUT2D eigenvalue weighted by molar-refractivity contribution is 5.83. The molecule has 0 fully saturated rings. The molecule has 32 heavy (non-hydrogen) atoms. The van der Waals surface area contributed by atoms with Crippen LogP contribution in [0.15, 0.2) is 71.5 Å². The summed E-state index contributed by atoms with van der Waals surface area (Å²) in [7, 11) is 4.87. The highest BCUT2D eigenvalue weighted by Gasteiger charge is 2.10. The minimum atomic E-state index is -0.146. The Morgan fingerprint density at radius 3 is 2.16 bits per heavy atom. The van der Waals surface area contributed by atoms with E-state index in [0.29, 0.717) is 30.3 Å². The molecular weight excluding hydrogens is 406 g/mol. The predicted octanol–water partition coefficient (Wildman–Crippen LogP) is 4.72. The molecule has 0 saturated carbocycles. The van der Waals surface area contributed by atoms with Gasteiger partial charge in [-0.2, -0.15) is 0 Å². The van der Waals surface area contributed by atoms with Crippen LogP contribution in [0.1, 0.15) is 16.7 Å². The second-order valence-corrected chi connectivity index (χ2v) is 7.37. The standard InChI is InChI=1S/C26H25NO5/c1-29-20-7-4-17(5-8-20)16-32-24-11-6-18(13-25(24)31-3)12-19-14-26(28)27-23-15-21(30-2)9-10-22(19)23/h4-11,13-15H,12,16H2,1-3H3,(H,27,28). The van der Waals surface area contributed by atoms with E-state index in [1.165, 1.54) is 0 Å². The summed E-state index contributed by atoms with van der Waals surface area (Å²) in [6.45, 7) is 0.417. The third-order valence-electron chi connectivity index (χ3n) is 5.31. The van der Waals surface area contributed by atoms with Crippen LogP contribution in [0.3, 0.4) is 0 Å². The Balaban J connectivity index is 1.55. The first-order valence-electron chi connectivity index (χ1n) is 10.2. The molecule has 0 atom stereocenters. The van der Waals surface area contributed by atoms with Crippen molar-refractivity contribution in [1.82, 2.24) is 4.98 Å². The number of ether oxygens (including phenoxy) is 4. The highest BCUT2D eigenvalue weighted by Crippen LogP contribution is 2.31. The van der Waals surface area contributed by atoms with Crippen LogP contribution in [0.2, 0.25) is 0 Å². The van der Waals surface area contributed by atoms with Gasteiger partial charge in [0.2, 0.25) is 5.56 Å². The maximum absolute atomic E-state index is 12.2. The van der Waals surface area contributed by atoms with E-state index in [0.717, 1.165) is 33.3 Å². The number of methoxy groups -OCH3 is 3. The van der Waals surface area contributed by atoms with E-state index in [4.69, 9.17) is 18.9 Å². The average Bonchev–Trinajstić information content (AvgIpc) is 2.82. The normalized spacial score (nSPS) is 10.7. The summed E-state index contributed by atoms with van der Waals surface area (Å²) in [5.74, 6) is 2.81. The summed E-state index contributed by atoms with van der Waals surface area (Å²) in [5, 5.41) is 0.976. The average molecular weight is 431 g/mol. The van der Waals surface area contributed by atoms with Gasteiger partial charge in [-0.05, 0) is 59.5 Å². The number of pyridine rings is 1. The predicted molar refractivity (Wildman–Crippen MR) is 124 cm³/mol. The van der Waals surface area contributed by atoms with E-state index < -0.39 is 0 Å². The van der Waals surface area contributed by atoms with Gasteiger partial charge in [0.05, 0.1) is 26.8 Å². The molecule has 6 heteroatoms. The monoisotopic (exact) mass is 431 g/mol. The Morgan fingerprint density at radius 2 is 1.44 bits per heavy atom. The number of H-pyrrole nitrogens is 1. The van der Waals surface area contributed by atoms with E-state index in [1.54, 1.807) is 27.4 Å². The second-order valence-electron chi connectivity index (χ2n) is 7.37. The molecule has 0 aliphatic rings. The maximum Gasteiger partial charge on any atom is 0.248 e. The van der Waals surface area contributed by atoms with Crippen molar-refractivity contribution in [2.75, 3.05) is 21.3 Å². The summed E-state index contributed by atoms with van der Waals surface area (Å²) >= 11 is 0. The zero-order valence-electron chi connectivity index (χ0n) is 18.3. The fourth-order valence-electron chi connectivity index (χ4n) is 3.63. The number of hydrogen-bond donors (Lipinski definition) is 1. The first-order valence-corrected chi connectivity index (χ1v) is 10.2. The SMILES string of the molecule is COc1ccc(COc2ccc(Cc3cc(=O)[nH]c4cc(OC)ccc34)cc2OC)cc1. The number of nitrogens with one attached hydrogen (secondary N) is 1. The summed E-state index contributed by atoms with van der Waals surface area (Å²) in [4.78, 5) is 15.1. The summed E-state index contributed by atoms with van der Waals surface area (Å²) in [6, 6.07) is 20.9. The van der Waals surface area contributed by atoms with Crippen LogP contribution in [-0.2, 0) is 13.0 Å². The lowest BCUT2D eigenvalue weighted by Crippen LogP contribution is -2.07. The quantitative estimate of drug-likeness (QED) is 0.437. The molecule has 1 aromatic heterocycles. The van der Waals surface area contributed by atoms with E-state index in [9.17, 15) is 4.79 Å². The van der Waals surface area contributed by atoms with Gasteiger partial charge in [-0.1, -0.05) is 18.2 Å². The van der Waals surface area contributed by atoms with Gasteiger partial charge in [-0.15, -0.1) is 0 Å². The number of fused-ring (bicyclic) bond motifs is 1. The van der Waals surface area contributed by atoms with Crippen molar-refractivity contribution in [3.63, 3.8) is 0 Å². The summed E-state index contributed by atoms with van der Waals surface area (Å²) in [6.07, 6.45) is 0.585. The molecule has 0 aliphatic heterocycles. The zero-order valence-corrected chi connectivity index (χ0v) is 18.3. The molecule has 3 aromatic carbocycles. The lowest BCUT2D eigenvalue weighted by Gasteiger charge is -2.13. The van der Waals surface area contributed by atoms with Gasteiger partial charge in [0.25, 0.3) is 0 Å². The summed E-state index contributed by atoms with van der Waals surface area (Å²) in [5.41, 5.74) is 3.58. The zero-order chi connectivity index (χ0) is 22.5. The Bertz CT molecular complexity index is 1280. The number of aromatic nitrogens is 1. The van der Waals surface area contributed by atoms with Crippen molar-refractivity contribution in [1.29, 1.82) is 0 Å². The first kappa shape index (κ1) is 21.3. The van der Waals surface area contributed by atoms with Crippen LogP contribution in [-0.4, -0.2) is 26.3 Å². The molecule has 0 aliphatic carbocycles. The van der Waals surface area contributed by atoms with Gasteiger partial charge in [-0.25, -0.2) is 0 Å². The van der Waals surface area contributed by atoms with Crippen LogP contribution in [0.5, 0.6) is 23.0 Å². The Labute approximate surface area is 186 Å². The molecule has 4 rings (SSSR count). The molecule has 0 amide bonds. The minimum absolute atomic E-state index is 0.146. The van der Waals surface area contributed by atoms with E-state index in [-0.39, 0.29) is 5.56 Å². The molecule has 1 N–H and O–H groups in total. The van der Waals surface area contributed by atoms with Crippen LogP contribution >= 0.6 is 0 Å². The largest absolute Gasteiger partial charge is 0.497 e. The molecule has 1 heterocycles. The van der Waals surface area contributed by atoms with E-state index in [2.05, 4.69) is 4.98 Å². The lowest BCUT2D eigenvalue weighted by atomic mass is 10.0. The molecule has 0 unspecified atom stereocenters. The molecule has 4 aromatic rings. The maximum atomic E-state index is 12.2. The minimum Gasteiger partial charge on any atom is -0.497 e. The van der Waals surface area contributed by atoms with Gasteiger partial charge >= 0.3 is 0 Å². The van der Waals surface area contributed by atoms with Crippen LogP contribution in [0.4, 0.5) is 0 Å². The van der Waals surface area contributed by atoms with Gasteiger partial charge < -0.3 is 23.9 Å². The highest BCUT2D eigenvalue weighted by atomic mass is 16.5. The summed E-state index contributed by atoms with van der Waals surface area (Å²) < 4.78 is 22.0. The van der Waals surface area contributed by atoms with Gasteiger partial charge in [0.1, 0.15) is 18.1 Å². The molecular formula is C26H25NO5. The Morgan fingerprint density at radius 1 is 0.719 bits per heavy atom. The fourth-order valence-corrected chi connectivity index (χ4v) is 3.63. The van der Waals surface area contributed by atoms with Crippen molar-refractivity contribution in [3.05, 3.63) is 93.8 Å². The van der Waals surface area contributed by atoms with Crippen molar-refractivity contribution in [3.8, 4) is 23.0 Å². The first-order chi connectivity index (χ1) is 15.6. The van der Waals surface area contributed by atoms with Gasteiger partial charge in [0, 0.05) is 17.5 Å². The molecule has 0 spiro atoms. The number of aromatic amines is 1. The molecule has 164 valence electrons. The number of rotatable bonds is 8. The van der Waals surface area contributed by atoms with Crippen molar-refractivity contribution in [2.24, 2.45) is 0 Å². The smallest absolute Gasteiger partial charge is 0.248 e. The molecule has 0 saturated heterocycles. The van der Waals surface area contributed by atoms with Gasteiger partial charge in [-0.3, -0.25) is 4.79 Å². The van der Waals surface area contributed by atoms with Crippen LogP contribution in [0, 0.1) is 0 Å². The number of benzene rings is 3. The topological polar surface area (TPSA) is 69.8 Å². The van der Waals surface area contributed by atoms with E-state index in [1.807, 2.05) is 60.7 Å². The molecule has 0 bridgehead atoms. The Kier molecular flexibility index (Phi) is 6.31. The van der Waals surface area contributed by atoms with Crippen LogP contribution < -0.4 is 24.5 Å². The lowest BCUT2D eigenvalue weighted by molar-refractivity contribution is 0.284.